The molecule has 0 bridgehead atoms. The summed E-state index contributed by atoms with van der Waals surface area (Å²) >= 11 is 3.30. The highest BCUT2D eigenvalue weighted by Gasteiger charge is 2.18. The van der Waals surface area contributed by atoms with Gasteiger partial charge in [0.05, 0.1) is 18.1 Å². The van der Waals surface area contributed by atoms with E-state index in [-0.39, 0.29) is 11.6 Å². The van der Waals surface area contributed by atoms with Gasteiger partial charge in [0.25, 0.3) is 5.78 Å². The first-order valence-corrected chi connectivity index (χ1v) is 8.63. The molecule has 0 aliphatic carbocycles. The molecule has 0 atom stereocenters. The van der Waals surface area contributed by atoms with Crippen LogP contribution in [0.1, 0.15) is 12.8 Å². The van der Waals surface area contributed by atoms with Crippen LogP contribution in [-0.4, -0.2) is 43.6 Å². The molecule has 7 nitrogen and oxygen atoms in total. The number of nitrogens with one attached hydrogen (secondary N) is 1. The van der Waals surface area contributed by atoms with Crippen LogP contribution in [0.15, 0.2) is 35.2 Å². The van der Waals surface area contributed by atoms with Gasteiger partial charge in [0.1, 0.15) is 10.4 Å². The molecule has 1 aliphatic rings. The Labute approximate surface area is 151 Å². The number of anilines is 1. The van der Waals surface area contributed by atoms with E-state index in [0.717, 1.165) is 25.9 Å². The summed E-state index contributed by atoms with van der Waals surface area (Å²) in [7, 11) is 0. The number of carbonyl (C=O) groups excluding carboxylic acids is 1. The molecule has 1 fully saturated rings. The Morgan fingerprint density at radius 3 is 2.84 bits per heavy atom. The van der Waals surface area contributed by atoms with Crippen molar-refractivity contribution in [3.05, 3.63) is 41.0 Å². The topological polar surface area (TPSA) is 75.4 Å². The minimum atomic E-state index is -0.441. The number of nitrogens with zero attached hydrogens (tertiary/aromatic N) is 5. The summed E-state index contributed by atoms with van der Waals surface area (Å²) < 4.78 is 16.4. The van der Waals surface area contributed by atoms with E-state index in [4.69, 9.17) is 0 Å². The van der Waals surface area contributed by atoms with Gasteiger partial charge < -0.3 is 10.2 Å². The fourth-order valence-corrected chi connectivity index (χ4v) is 3.15. The molecule has 2 aromatic heterocycles. The van der Waals surface area contributed by atoms with Crippen LogP contribution in [0.5, 0.6) is 0 Å². The molecule has 25 heavy (non-hydrogen) atoms. The van der Waals surface area contributed by atoms with Crippen molar-refractivity contribution in [3.8, 4) is 11.3 Å². The van der Waals surface area contributed by atoms with Crippen LogP contribution in [-0.2, 0) is 0 Å². The van der Waals surface area contributed by atoms with E-state index in [9.17, 15) is 9.18 Å². The van der Waals surface area contributed by atoms with Crippen molar-refractivity contribution < 1.29 is 9.18 Å². The van der Waals surface area contributed by atoms with Crippen LogP contribution >= 0.6 is 15.9 Å². The minimum absolute atomic E-state index is 0.172. The smallest absolute Gasteiger partial charge is 0.321 e. The summed E-state index contributed by atoms with van der Waals surface area (Å²) in [5.74, 6) is -0.0845. The lowest BCUT2D eigenvalue weighted by Gasteiger charge is -2.16. The van der Waals surface area contributed by atoms with Gasteiger partial charge >= 0.3 is 6.03 Å². The summed E-state index contributed by atoms with van der Waals surface area (Å²) in [6.45, 7) is 1.49. The third-order valence-electron chi connectivity index (χ3n) is 4.08. The second-order valence-corrected chi connectivity index (χ2v) is 6.57. The largest absolute Gasteiger partial charge is 0.325 e. The number of urea groups is 1. The molecule has 128 valence electrons. The molecule has 1 saturated heterocycles. The number of hydrogen-bond donors (Lipinski definition) is 1. The van der Waals surface area contributed by atoms with Crippen LogP contribution in [0, 0.1) is 5.82 Å². The molecular formula is C16H14BrFN6O. The van der Waals surface area contributed by atoms with Gasteiger partial charge in [-0.2, -0.15) is 9.61 Å². The SMILES string of the molecule is O=C(Nc1ccc(F)c(-c2cnn3c(Br)cnc3n2)c1)N1CCCC1. The van der Waals surface area contributed by atoms with Crippen molar-refractivity contribution in [2.24, 2.45) is 0 Å². The Morgan fingerprint density at radius 1 is 1.24 bits per heavy atom. The van der Waals surface area contributed by atoms with Crippen molar-refractivity contribution in [2.75, 3.05) is 18.4 Å². The maximum absolute atomic E-state index is 14.3. The molecule has 0 unspecified atom stereocenters. The molecule has 4 rings (SSSR count). The second kappa shape index (κ2) is 6.40. The number of aromatic nitrogens is 4. The standard InChI is InChI=1S/C16H14BrFN6O/c17-14-9-19-15-22-13(8-20-24(14)15)11-7-10(3-4-12(11)18)21-16(25)23-5-1-2-6-23/h3-4,7-9H,1-2,5-6H2,(H,21,25). The Bertz CT molecular complexity index is 953. The zero-order chi connectivity index (χ0) is 17.4. The molecule has 1 aromatic carbocycles. The normalized spacial score (nSPS) is 14.2. The number of hydrogen-bond acceptors (Lipinski definition) is 4. The van der Waals surface area contributed by atoms with Crippen molar-refractivity contribution in [1.82, 2.24) is 24.5 Å². The summed E-state index contributed by atoms with van der Waals surface area (Å²) in [5, 5.41) is 7.00. The molecular weight excluding hydrogens is 391 g/mol. The number of likely N-dealkylation sites (tertiary alicyclic amines) is 1. The van der Waals surface area contributed by atoms with Gasteiger partial charge in [-0.3, -0.25) is 0 Å². The van der Waals surface area contributed by atoms with Crippen LogP contribution in [0.25, 0.3) is 17.0 Å². The summed E-state index contributed by atoms with van der Waals surface area (Å²) in [6.07, 6.45) is 5.06. The van der Waals surface area contributed by atoms with Gasteiger partial charge in [0.15, 0.2) is 0 Å². The fourth-order valence-electron chi connectivity index (χ4n) is 2.80. The van der Waals surface area contributed by atoms with E-state index >= 15 is 0 Å². The van der Waals surface area contributed by atoms with E-state index in [1.807, 2.05) is 0 Å². The number of fused-ring (bicyclic) bond motifs is 1. The quantitative estimate of drug-likeness (QED) is 0.710. The predicted octanol–water partition coefficient (Wildman–Crippen LogP) is 3.32. The van der Waals surface area contributed by atoms with Crippen molar-refractivity contribution in [1.29, 1.82) is 0 Å². The second-order valence-electron chi connectivity index (χ2n) is 5.75. The Morgan fingerprint density at radius 2 is 2.04 bits per heavy atom. The third-order valence-corrected chi connectivity index (χ3v) is 4.62. The molecule has 2 amide bonds. The summed E-state index contributed by atoms with van der Waals surface area (Å²) in [4.78, 5) is 22.4. The van der Waals surface area contributed by atoms with Crippen molar-refractivity contribution in [2.45, 2.75) is 12.8 Å². The minimum Gasteiger partial charge on any atom is -0.325 e. The number of carbonyl (C=O) groups is 1. The highest BCUT2D eigenvalue weighted by Crippen LogP contribution is 2.25. The van der Waals surface area contributed by atoms with Gasteiger partial charge in [0, 0.05) is 24.3 Å². The van der Waals surface area contributed by atoms with E-state index in [1.54, 1.807) is 17.2 Å². The zero-order valence-electron chi connectivity index (χ0n) is 13.1. The molecule has 9 heteroatoms. The fraction of sp³-hybridized carbons (Fsp3) is 0.250. The highest BCUT2D eigenvalue weighted by molar-refractivity contribution is 9.10. The van der Waals surface area contributed by atoms with Gasteiger partial charge in [-0.15, -0.1) is 0 Å². The van der Waals surface area contributed by atoms with Crippen LogP contribution < -0.4 is 5.32 Å². The number of benzene rings is 1. The lowest BCUT2D eigenvalue weighted by molar-refractivity contribution is 0.222. The Hall–Kier alpha value is -2.55. The monoisotopic (exact) mass is 404 g/mol. The molecule has 0 saturated carbocycles. The molecule has 0 spiro atoms. The average molecular weight is 405 g/mol. The summed E-state index contributed by atoms with van der Waals surface area (Å²) in [5.41, 5.74) is 1.12. The van der Waals surface area contributed by atoms with Gasteiger partial charge in [-0.25, -0.2) is 19.2 Å². The van der Waals surface area contributed by atoms with E-state index in [2.05, 4.69) is 36.3 Å². The number of imidazole rings is 1. The van der Waals surface area contributed by atoms with E-state index < -0.39 is 5.82 Å². The number of rotatable bonds is 2. The Kier molecular flexibility index (Phi) is 4.08. The van der Waals surface area contributed by atoms with Gasteiger partial charge in [-0.05, 0) is 47.0 Å². The molecule has 1 aliphatic heterocycles. The van der Waals surface area contributed by atoms with Gasteiger partial charge in [-0.1, -0.05) is 0 Å². The predicted molar refractivity (Wildman–Crippen MR) is 93.7 cm³/mol. The van der Waals surface area contributed by atoms with Crippen LogP contribution in [0.2, 0.25) is 0 Å². The van der Waals surface area contributed by atoms with Crippen LogP contribution in [0.4, 0.5) is 14.9 Å². The van der Waals surface area contributed by atoms with Crippen molar-refractivity contribution in [3.63, 3.8) is 0 Å². The maximum Gasteiger partial charge on any atom is 0.321 e. The van der Waals surface area contributed by atoms with Crippen molar-refractivity contribution >= 4 is 33.4 Å². The first kappa shape index (κ1) is 15.9. The molecule has 0 radical (unpaired) electrons. The first-order chi connectivity index (χ1) is 12.1. The van der Waals surface area contributed by atoms with E-state index in [1.165, 1.54) is 22.8 Å². The number of halogens is 2. The first-order valence-electron chi connectivity index (χ1n) is 7.84. The maximum atomic E-state index is 14.3. The lowest BCUT2D eigenvalue weighted by atomic mass is 10.1. The number of amides is 2. The Balaban J connectivity index is 1.65. The van der Waals surface area contributed by atoms with E-state index in [0.29, 0.717) is 21.8 Å². The lowest BCUT2D eigenvalue weighted by Crippen LogP contribution is -2.32. The molecule has 3 heterocycles. The van der Waals surface area contributed by atoms with Crippen LogP contribution in [0.3, 0.4) is 0 Å². The third kappa shape index (κ3) is 3.07. The average Bonchev–Trinajstić information content (AvgIpc) is 3.27. The molecule has 1 N–H and O–H groups in total. The summed E-state index contributed by atoms with van der Waals surface area (Å²) in [6, 6.07) is 4.23. The van der Waals surface area contributed by atoms with Gasteiger partial charge in [0.2, 0.25) is 0 Å². The highest BCUT2D eigenvalue weighted by atomic mass is 79.9. The molecule has 3 aromatic rings. The zero-order valence-corrected chi connectivity index (χ0v) is 14.7.